The maximum Gasteiger partial charge on any atom is 0.361 e. The zero-order valence-corrected chi connectivity index (χ0v) is 11.6. The van der Waals surface area contributed by atoms with Crippen LogP contribution in [0, 0.1) is 0 Å². The van der Waals surface area contributed by atoms with E-state index in [1.54, 1.807) is 19.1 Å². The summed E-state index contributed by atoms with van der Waals surface area (Å²) in [5.74, 6) is -0.932. The Hall–Kier alpha value is -0.870. The first-order valence-electron chi connectivity index (χ1n) is 5.73. The molecule has 3 atom stereocenters. The number of aliphatic hydroxyl groups is 1. The molecule has 5 nitrogen and oxygen atoms in total. The molecule has 0 bridgehead atoms. The van der Waals surface area contributed by atoms with Crippen LogP contribution in [0.25, 0.3) is 0 Å². The van der Waals surface area contributed by atoms with E-state index in [4.69, 9.17) is 9.26 Å². The molecule has 0 radical (unpaired) electrons. The summed E-state index contributed by atoms with van der Waals surface area (Å²) in [6.07, 6.45) is 0.216. The van der Waals surface area contributed by atoms with Gasteiger partial charge in [0.05, 0.1) is 13.2 Å². The summed E-state index contributed by atoms with van der Waals surface area (Å²) in [6, 6.07) is 6.29. The lowest BCUT2D eigenvalue weighted by molar-refractivity contribution is 0.137. The zero-order chi connectivity index (χ0) is 13.8. The van der Waals surface area contributed by atoms with Crippen molar-refractivity contribution in [1.82, 2.24) is 0 Å². The molecule has 0 aliphatic rings. The maximum atomic E-state index is 11.9. The van der Waals surface area contributed by atoms with Crippen LogP contribution in [0.2, 0.25) is 0 Å². The average molecular weight is 274 g/mol. The lowest BCUT2D eigenvalue weighted by Gasteiger charge is -2.21. The highest BCUT2D eigenvalue weighted by Gasteiger charge is 2.33. The Labute approximate surface area is 107 Å². The third-order valence-corrected chi connectivity index (χ3v) is 4.21. The van der Waals surface area contributed by atoms with Crippen molar-refractivity contribution in [1.29, 1.82) is 0 Å². The van der Waals surface area contributed by atoms with E-state index in [9.17, 15) is 14.6 Å². The number of aliphatic hydroxyl groups excluding tert-OH is 1. The van der Waals surface area contributed by atoms with Gasteiger partial charge in [-0.05, 0) is 31.0 Å². The van der Waals surface area contributed by atoms with Gasteiger partial charge in [0.25, 0.3) is 0 Å². The monoisotopic (exact) mass is 274 g/mol. The summed E-state index contributed by atoms with van der Waals surface area (Å²) in [6.45, 7) is 3.52. The standard InChI is InChI=1S/C12H19O5P/c1-4-9(2)17-18(14,15)12(13)10-5-7-11(16-3)8-6-10/h5-9,12-13H,4H2,1-3H3,(H,14,15). The molecule has 0 fully saturated rings. The molecular weight excluding hydrogens is 255 g/mol. The Morgan fingerprint density at radius 2 is 1.89 bits per heavy atom. The summed E-state index contributed by atoms with van der Waals surface area (Å²) >= 11 is 0. The first kappa shape index (κ1) is 15.2. The van der Waals surface area contributed by atoms with Crippen LogP contribution < -0.4 is 4.74 Å². The fourth-order valence-electron chi connectivity index (χ4n) is 1.35. The maximum absolute atomic E-state index is 11.9. The Morgan fingerprint density at radius 3 is 2.33 bits per heavy atom. The highest BCUT2D eigenvalue weighted by molar-refractivity contribution is 7.53. The normalized spacial score (nSPS) is 17.8. The number of benzene rings is 1. The fourth-order valence-corrected chi connectivity index (χ4v) is 2.68. The van der Waals surface area contributed by atoms with Crippen LogP contribution in [0.1, 0.15) is 31.7 Å². The van der Waals surface area contributed by atoms with E-state index in [0.717, 1.165) is 0 Å². The van der Waals surface area contributed by atoms with E-state index in [0.29, 0.717) is 17.7 Å². The topological polar surface area (TPSA) is 76.0 Å². The van der Waals surface area contributed by atoms with Gasteiger partial charge in [0.2, 0.25) is 0 Å². The van der Waals surface area contributed by atoms with Crippen molar-refractivity contribution in [3.05, 3.63) is 29.8 Å². The molecule has 0 saturated carbocycles. The van der Waals surface area contributed by atoms with Crippen LogP contribution in [0.4, 0.5) is 0 Å². The Balaban J connectivity index is 2.84. The third-order valence-electron chi connectivity index (χ3n) is 2.63. The Kier molecular flexibility index (Phi) is 5.35. The van der Waals surface area contributed by atoms with Crippen molar-refractivity contribution in [2.24, 2.45) is 0 Å². The smallest absolute Gasteiger partial charge is 0.361 e. The zero-order valence-electron chi connectivity index (χ0n) is 10.7. The second-order valence-corrected chi connectivity index (χ2v) is 5.86. The van der Waals surface area contributed by atoms with Crippen molar-refractivity contribution in [3.8, 4) is 5.75 Å². The molecule has 0 aliphatic carbocycles. The van der Waals surface area contributed by atoms with E-state index in [1.165, 1.54) is 19.2 Å². The van der Waals surface area contributed by atoms with Crippen molar-refractivity contribution in [3.63, 3.8) is 0 Å². The minimum Gasteiger partial charge on any atom is -0.497 e. The SMILES string of the molecule is CCC(C)OP(=O)(O)C(O)c1ccc(OC)cc1. The van der Waals surface area contributed by atoms with Gasteiger partial charge in [-0.3, -0.25) is 4.57 Å². The summed E-state index contributed by atoms with van der Waals surface area (Å²) in [5.41, 5.74) is 0.324. The van der Waals surface area contributed by atoms with E-state index in [-0.39, 0.29) is 6.10 Å². The van der Waals surface area contributed by atoms with Crippen LogP contribution in [-0.2, 0) is 9.09 Å². The fraction of sp³-hybridized carbons (Fsp3) is 0.500. The molecule has 1 aromatic rings. The second kappa shape index (κ2) is 6.34. The van der Waals surface area contributed by atoms with Crippen molar-refractivity contribution < 1.29 is 23.8 Å². The minimum atomic E-state index is -4.09. The minimum absolute atomic E-state index is 0.324. The molecule has 1 rings (SSSR count). The van der Waals surface area contributed by atoms with Crippen LogP contribution in [0.15, 0.2) is 24.3 Å². The van der Waals surface area contributed by atoms with Crippen LogP contribution in [0.3, 0.4) is 0 Å². The number of hydrogen-bond donors (Lipinski definition) is 2. The molecule has 3 unspecified atom stereocenters. The third kappa shape index (κ3) is 3.82. The van der Waals surface area contributed by atoms with Crippen molar-refractivity contribution >= 4 is 7.60 Å². The molecule has 0 saturated heterocycles. The number of rotatable bonds is 6. The lowest BCUT2D eigenvalue weighted by atomic mass is 10.2. The van der Waals surface area contributed by atoms with Crippen molar-refractivity contribution in [2.45, 2.75) is 32.2 Å². The lowest BCUT2D eigenvalue weighted by Crippen LogP contribution is -2.09. The summed E-state index contributed by atoms with van der Waals surface area (Å²) in [7, 11) is -2.56. The second-order valence-electron chi connectivity index (χ2n) is 4.04. The van der Waals surface area contributed by atoms with Gasteiger partial charge in [-0.2, -0.15) is 0 Å². The Morgan fingerprint density at radius 1 is 1.33 bits per heavy atom. The quantitative estimate of drug-likeness (QED) is 0.780. The van der Waals surface area contributed by atoms with Gasteiger partial charge in [-0.1, -0.05) is 19.1 Å². The van der Waals surface area contributed by atoms with E-state index in [1.807, 2.05) is 6.92 Å². The molecule has 1 aromatic carbocycles. The summed E-state index contributed by atoms with van der Waals surface area (Å²) < 4.78 is 21.9. The highest BCUT2D eigenvalue weighted by Crippen LogP contribution is 2.56. The van der Waals surface area contributed by atoms with Crippen LogP contribution >= 0.6 is 7.60 Å². The van der Waals surface area contributed by atoms with Gasteiger partial charge in [0.15, 0.2) is 5.85 Å². The Bertz CT molecular complexity index is 417. The van der Waals surface area contributed by atoms with Gasteiger partial charge < -0.3 is 19.3 Å². The molecule has 0 aromatic heterocycles. The molecule has 102 valence electrons. The summed E-state index contributed by atoms with van der Waals surface area (Å²) in [5, 5.41) is 9.88. The van der Waals surface area contributed by atoms with Gasteiger partial charge in [0.1, 0.15) is 5.75 Å². The van der Waals surface area contributed by atoms with E-state index >= 15 is 0 Å². The molecule has 2 N–H and O–H groups in total. The summed E-state index contributed by atoms with van der Waals surface area (Å²) in [4.78, 5) is 9.72. The average Bonchev–Trinajstić information content (AvgIpc) is 2.37. The van der Waals surface area contributed by atoms with Crippen LogP contribution in [-0.4, -0.2) is 23.2 Å². The van der Waals surface area contributed by atoms with Gasteiger partial charge in [-0.25, -0.2) is 0 Å². The highest BCUT2D eigenvalue weighted by atomic mass is 31.2. The molecule has 0 heterocycles. The van der Waals surface area contributed by atoms with Crippen LogP contribution in [0.5, 0.6) is 5.75 Å². The molecule has 6 heteroatoms. The number of methoxy groups -OCH3 is 1. The van der Waals surface area contributed by atoms with Gasteiger partial charge in [0, 0.05) is 0 Å². The number of hydrogen-bond acceptors (Lipinski definition) is 4. The van der Waals surface area contributed by atoms with E-state index in [2.05, 4.69) is 0 Å². The van der Waals surface area contributed by atoms with Gasteiger partial charge in [-0.15, -0.1) is 0 Å². The predicted molar refractivity (Wildman–Crippen MR) is 68.6 cm³/mol. The van der Waals surface area contributed by atoms with E-state index < -0.39 is 13.4 Å². The first-order valence-corrected chi connectivity index (χ1v) is 7.38. The first-order chi connectivity index (χ1) is 8.40. The van der Waals surface area contributed by atoms with Gasteiger partial charge >= 0.3 is 7.60 Å². The molecular formula is C12H19O5P. The molecule has 0 spiro atoms. The largest absolute Gasteiger partial charge is 0.497 e. The molecule has 18 heavy (non-hydrogen) atoms. The predicted octanol–water partition coefficient (Wildman–Crippen LogP) is 2.69. The number of ether oxygens (including phenoxy) is 1. The molecule has 0 amide bonds. The van der Waals surface area contributed by atoms with Crippen molar-refractivity contribution in [2.75, 3.05) is 7.11 Å². The molecule has 0 aliphatic heterocycles.